The molecule has 3 aromatic rings. The summed E-state index contributed by atoms with van der Waals surface area (Å²) >= 11 is 0. The van der Waals surface area contributed by atoms with Crippen molar-refractivity contribution in [2.75, 3.05) is 7.11 Å². The highest BCUT2D eigenvalue weighted by molar-refractivity contribution is 5.93. The van der Waals surface area contributed by atoms with Crippen molar-refractivity contribution in [3.8, 4) is 17.1 Å². The Kier molecular flexibility index (Phi) is 4.33. The van der Waals surface area contributed by atoms with E-state index in [1.807, 2.05) is 38.2 Å². The third-order valence-electron chi connectivity index (χ3n) is 4.41. The molecular formula is C20H23N3O2. The summed E-state index contributed by atoms with van der Waals surface area (Å²) in [5.74, 6) is 0.878. The van der Waals surface area contributed by atoms with Crippen molar-refractivity contribution in [1.82, 2.24) is 14.5 Å². The molecule has 0 saturated heterocycles. The molecule has 5 heteroatoms. The van der Waals surface area contributed by atoms with Gasteiger partial charge in [0, 0.05) is 18.8 Å². The van der Waals surface area contributed by atoms with Crippen molar-refractivity contribution in [1.29, 1.82) is 0 Å². The van der Waals surface area contributed by atoms with E-state index in [1.54, 1.807) is 18.6 Å². The van der Waals surface area contributed by atoms with Crippen LogP contribution in [0.4, 0.5) is 0 Å². The Hall–Kier alpha value is -2.69. The number of carbonyl (C=O) groups is 1. The van der Waals surface area contributed by atoms with Gasteiger partial charge in [-0.25, -0.2) is 9.97 Å². The molecule has 0 fully saturated rings. The number of aryl methyl sites for hydroxylation is 2. The van der Waals surface area contributed by atoms with E-state index in [1.165, 1.54) is 0 Å². The van der Waals surface area contributed by atoms with Crippen LogP contribution in [-0.4, -0.2) is 27.6 Å². The minimum atomic E-state index is -0.0208. The first-order valence-corrected chi connectivity index (χ1v) is 8.39. The normalized spacial score (nSPS) is 11.3. The Morgan fingerprint density at radius 3 is 2.48 bits per heavy atom. The van der Waals surface area contributed by atoms with Crippen molar-refractivity contribution in [2.45, 2.75) is 40.5 Å². The van der Waals surface area contributed by atoms with E-state index in [0.717, 1.165) is 39.1 Å². The second kappa shape index (κ2) is 6.31. The van der Waals surface area contributed by atoms with Gasteiger partial charge in [0.05, 0.1) is 29.4 Å². The second-order valence-electron chi connectivity index (χ2n) is 6.67. The van der Waals surface area contributed by atoms with Crippen molar-refractivity contribution in [2.24, 2.45) is 0 Å². The summed E-state index contributed by atoms with van der Waals surface area (Å²) in [6, 6.07) is 6.03. The van der Waals surface area contributed by atoms with Crippen LogP contribution in [-0.2, 0) is 0 Å². The number of fused-ring (bicyclic) bond motifs is 1. The molecule has 5 nitrogen and oxygen atoms in total. The molecular weight excluding hydrogens is 314 g/mol. The summed E-state index contributed by atoms with van der Waals surface area (Å²) in [6.45, 7) is 9.71. The molecule has 3 rings (SSSR count). The van der Waals surface area contributed by atoms with Crippen molar-refractivity contribution in [3.63, 3.8) is 0 Å². The SMILES string of the molecule is COc1nc(C(C)C)ccc1-c1nc2c(C)cn(C(C)=O)c2cc1C. The standard InChI is InChI=1S/C20H23N3O2/c1-11(2)16-8-7-15(20(21-16)25-6)18-12(3)9-17-19(22-18)13(4)10-23(17)14(5)24/h7-11H,1-6H3. The Morgan fingerprint density at radius 2 is 1.88 bits per heavy atom. The summed E-state index contributed by atoms with van der Waals surface area (Å²) in [4.78, 5) is 21.3. The van der Waals surface area contributed by atoms with Crippen LogP contribution in [0.1, 0.15) is 48.3 Å². The van der Waals surface area contributed by atoms with Crippen molar-refractivity contribution < 1.29 is 9.53 Å². The predicted octanol–water partition coefficient (Wildman–Crippen LogP) is 4.51. The molecule has 3 heterocycles. The lowest BCUT2D eigenvalue weighted by Crippen LogP contribution is -2.04. The third-order valence-corrected chi connectivity index (χ3v) is 4.41. The Morgan fingerprint density at radius 1 is 1.16 bits per heavy atom. The first-order chi connectivity index (χ1) is 11.8. The topological polar surface area (TPSA) is 57.0 Å². The highest BCUT2D eigenvalue weighted by Crippen LogP contribution is 2.33. The van der Waals surface area contributed by atoms with E-state index in [-0.39, 0.29) is 5.91 Å². The van der Waals surface area contributed by atoms with E-state index in [9.17, 15) is 4.79 Å². The zero-order chi connectivity index (χ0) is 18.3. The number of aromatic nitrogens is 3. The summed E-state index contributed by atoms with van der Waals surface area (Å²) in [6.07, 6.45) is 1.83. The van der Waals surface area contributed by atoms with Crippen LogP contribution < -0.4 is 4.74 Å². The molecule has 0 aliphatic carbocycles. The molecule has 0 aliphatic rings. The first kappa shape index (κ1) is 17.1. The summed E-state index contributed by atoms with van der Waals surface area (Å²) in [5.41, 5.74) is 6.28. The fourth-order valence-electron chi connectivity index (χ4n) is 3.04. The van der Waals surface area contributed by atoms with Crippen molar-refractivity contribution >= 4 is 16.9 Å². The van der Waals surface area contributed by atoms with Crippen LogP contribution >= 0.6 is 0 Å². The van der Waals surface area contributed by atoms with Gasteiger partial charge < -0.3 is 4.74 Å². The highest BCUT2D eigenvalue weighted by Gasteiger charge is 2.17. The van der Waals surface area contributed by atoms with Crippen LogP contribution in [0.5, 0.6) is 5.88 Å². The molecule has 130 valence electrons. The molecule has 25 heavy (non-hydrogen) atoms. The monoisotopic (exact) mass is 337 g/mol. The lowest BCUT2D eigenvalue weighted by atomic mass is 10.0. The molecule has 0 radical (unpaired) electrons. The lowest BCUT2D eigenvalue weighted by Gasteiger charge is -2.13. The van der Waals surface area contributed by atoms with Gasteiger partial charge in [0.15, 0.2) is 0 Å². The molecule has 0 aliphatic heterocycles. The highest BCUT2D eigenvalue weighted by atomic mass is 16.5. The van der Waals surface area contributed by atoms with Gasteiger partial charge in [-0.1, -0.05) is 13.8 Å². The predicted molar refractivity (Wildman–Crippen MR) is 99.4 cm³/mol. The van der Waals surface area contributed by atoms with Gasteiger partial charge in [0.1, 0.15) is 0 Å². The van der Waals surface area contributed by atoms with Crippen LogP contribution in [0.25, 0.3) is 22.3 Å². The molecule has 0 bridgehead atoms. The first-order valence-electron chi connectivity index (χ1n) is 8.39. The number of pyridine rings is 2. The average Bonchev–Trinajstić information content (AvgIpc) is 2.89. The minimum Gasteiger partial charge on any atom is -0.480 e. The maximum Gasteiger partial charge on any atom is 0.228 e. The van der Waals surface area contributed by atoms with E-state index < -0.39 is 0 Å². The van der Waals surface area contributed by atoms with E-state index >= 15 is 0 Å². The lowest BCUT2D eigenvalue weighted by molar-refractivity contribution is 0.0941. The maximum atomic E-state index is 11.8. The molecule has 0 N–H and O–H groups in total. The quantitative estimate of drug-likeness (QED) is 0.706. The van der Waals surface area contributed by atoms with E-state index in [0.29, 0.717) is 11.8 Å². The summed E-state index contributed by atoms with van der Waals surface area (Å²) in [7, 11) is 1.63. The van der Waals surface area contributed by atoms with Crippen LogP contribution in [0.15, 0.2) is 24.4 Å². The molecule has 0 aromatic carbocycles. The van der Waals surface area contributed by atoms with Crippen LogP contribution in [0.3, 0.4) is 0 Å². The van der Waals surface area contributed by atoms with Crippen LogP contribution in [0.2, 0.25) is 0 Å². The minimum absolute atomic E-state index is 0.0208. The zero-order valence-electron chi connectivity index (χ0n) is 15.5. The van der Waals surface area contributed by atoms with Crippen LogP contribution in [0, 0.1) is 13.8 Å². The fraction of sp³-hybridized carbons (Fsp3) is 0.350. The number of carbonyl (C=O) groups excluding carboxylic acids is 1. The van der Waals surface area contributed by atoms with Gasteiger partial charge in [-0.2, -0.15) is 0 Å². The maximum absolute atomic E-state index is 11.8. The number of methoxy groups -OCH3 is 1. The van der Waals surface area contributed by atoms with Gasteiger partial charge in [-0.3, -0.25) is 9.36 Å². The van der Waals surface area contributed by atoms with E-state index in [2.05, 4.69) is 18.8 Å². The van der Waals surface area contributed by atoms with Gasteiger partial charge in [0.25, 0.3) is 0 Å². The fourth-order valence-corrected chi connectivity index (χ4v) is 3.04. The van der Waals surface area contributed by atoms with Gasteiger partial charge in [0.2, 0.25) is 11.8 Å². The molecule has 0 spiro atoms. The number of hydrogen-bond acceptors (Lipinski definition) is 4. The number of hydrogen-bond donors (Lipinski definition) is 0. The molecule has 0 saturated carbocycles. The number of rotatable bonds is 3. The smallest absolute Gasteiger partial charge is 0.228 e. The number of nitrogens with zero attached hydrogens (tertiary/aromatic N) is 3. The average molecular weight is 337 g/mol. The van der Waals surface area contributed by atoms with Gasteiger partial charge >= 0.3 is 0 Å². The zero-order valence-corrected chi connectivity index (χ0v) is 15.5. The molecule has 3 aromatic heterocycles. The summed E-state index contributed by atoms with van der Waals surface area (Å²) in [5, 5.41) is 0. The Bertz CT molecular complexity index is 971. The van der Waals surface area contributed by atoms with Gasteiger partial charge in [-0.05, 0) is 49.1 Å². The Balaban J connectivity index is 2.24. The molecule has 0 unspecified atom stereocenters. The largest absolute Gasteiger partial charge is 0.480 e. The Labute approximate surface area is 147 Å². The molecule has 0 atom stereocenters. The third kappa shape index (κ3) is 2.90. The van der Waals surface area contributed by atoms with Gasteiger partial charge in [-0.15, -0.1) is 0 Å². The number of ether oxygens (including phenoxy) is 1. The van der Waals surface area contributed by atoms with Crippen molar-refractivity contribution in [3.05, 3.63) is 41.2 Å². The van der Waals surface area contributed by atoms with E-state index in [4.69, 9.17) is 9.72 Å². The second-order valence-corrected chi connectivity index (χ2v) is 6.67. The summed E-state index contributed by atoms with van der Waals surface area (Å²) < 4.78 is 7.17. The molecule has 0 amide bonds.